The van der Waals surface area contributed by atoms with E-state index >= 15 is 0 Å². The van der Waals surface area contributed by atoms with E-state index in [0.717, 1.165) is 0 Å². The van der Waals surface area contributed by atoms with Gasteiger partial charge in [0.1, 0.15) is 5.82 Å². The van der Waals surface area contributed by atoms with Crippen molar-refractivity contribution in [2.75, 3.05) is 12.4 Å². The van der Waals surface area contributed by atoms with Crippen molar-refractivity contribution in [3.05, 3.63) is 12.3 Å². The Morgan fingerprint density at radius 3 is 3.00 bits per heavy atom. The van der Waals surface area contributed by atoms with Gasteiger partial charge in [-0.3, -0.25) is 4.79 Å². The van der Waals surface area contributed by atoms with Gasteiger partial charge in [-0.2, -0.15) is 4.98 Å². The maximum Gasteiger partial charge on any atom is 0.318 e. The molecule has 1 rings (SSSR count). The lowest BCUT2D eigenvalue weighted by atomic mass is 10.5. The lowest BCUT2D eigenvalue weighted by Crippen LogP contribution is -2.08. The number of amides is 1. The minimum atomic E-state index is -0.171. The molecule has 0 spiro atoms. The molecule has 5 heteroatoms. The van der Waals surface area contributed by atoms with Gasteiger partial charge < -0.3 is 10.1 Å². The Morgan fingerprint density at radius 2 is 2.42 bits per heavy atom. The van der Waals surface area contributed by atoms with Crippen LogP contribution < -0.4 is 10.1 Å². The summed E-state index contributed by atoms with van der Waals surface area (Å²) in [4.78, 5) is 18.2. The molecule has 0 aliphatic heterocycles. The van der Waals surface area contributed by atoms with Gasteiger partial charge >= 0.3 is 6.01 Å². The predicted molar refractivity (Wildman–Crippen MR) is 42.9 cm³/mol. The number of carbonyl (C=O) groups is 1. The highest BCUT2D eigenvalue weighted by molar-refractivity contribution is 5.87. The molecule has 0 unspecified atom stereocenters. The summed E-state index contributed by atoms with van der Waals surface area (Å²) in [6, 6.07) is 1.82. The number of methoxy groups -OCH3 is 1. The number of aromatic nitrogens is 2. The Kier molecular flexibility index (Phi) is 2.57. The van der Waals surface area contributed by atoms with Crippen LogP contribution in [-0.4, -0.2) is 23.0 Å². The van der Waals surface area contributed by atoms with Crippen LogP contribution >= 0.6 is 0 Å². The largest absolute Gasteiger partial charge is 0.467 e. The summed E-state index contributed by atoms with van der Waals surface area (Å²) in [7, 11) is 1.47. The lowest BCUT2D eigenvalue weighted by Gasteiger charge is -2.01. The van der Waals surface area contributed by atoms with E-state index in [9.17, 15) is 4.79 Å². The minimum absolute atomic E-state index is 0.171. The third kappa shape index (κ3) is 2.19. The van der Waals surface area contributed by atoms with Crippen molar-refractivity contribution in [1.29, 1.82) is 0 Å². The fraction of sp³-hybridized carbons (Fsp3) is 0.286. The van der Waals surface area contributed by atoms with Crippen LogP contribution in [0.1, 0.15) is 6.92 Å². The van der Waals surface area contributed by atoms with E-state index in [1.165, 1.54) is 20.2 Å². The second-order valence-corrected chi connectivity index (χ2v) is 2.11. The van der Waals surface area contributed by atoms with E-state index in [2.05, 4.69) is 15.3 Å². The quantitative estimate of drug-likeness (QED) is 0.694. The van der Waals surface area contributed by atoms with E-state index in [1.54, 1.807) is 6.07 Å². The molecule has 0 fully saturated rings. The summed E-state index contributed by atoms with van der Waals surface area (Å²) in [5.74, 6) is 0.269. The van der Waals surface area contributed by atoms with Crippen LogP contribution in [-0.2, 0) is 4.79 Å². The van der Waals surface area contributed by atoms with E-state index < -0.39 is 0 Å². The Hall–Kier alpha value is -1.65. The van der Waals surface area contributed by atoms with Gasteiger partial charge in [0.05, 0.1) is 7.11 Å². The van der Waals surface area contributed by atoms with Crippen LogP contribution in [0.3, 0.4) is 0 Å². The van der Waals surface area contributed by atoms with Gasteiger partial charge in [-0.05, 0) is 6.07 Å². The third-order valence-electron chi connectivity index (χ3n) is 1.12. The van der Waals surface area contributed by atoms with Gasteiger partial charge in [-0.1, -0.05) is 0 Å². The molecule has 1 amide bonds. The average Bonchev–Trinajstić information content (AvgIpc) is 2.03. The molecule has 0 aliphatic rings. The van der Waals surface area contributed by atoms with Crippen molar-refractivity contribution in [1.82, 2.24) is 9.97 Å². The highest BCUT2D eigenvalue weighted by atomic mass is 16.5. The zero-order chi connectivity index (χ0) is 8.97. The molecule has 1 N–H and O–H groups in total. The first-order valence-corrected chi connectivity index (χ1v) is 3.37. The lowest BCUT2D eigenvalue weighted by molar-refractivity contribution is -0.114. The number of hydrogen-bond acceptors (Lipinski definition) is 4. The molecule has 12 heavy (non-hydrogen) atoms. The van der Waals surface area contributed by atoms with Crippen LogP contribution in [0.25, 0.3) is 0 Å². The van der Waals surface area contributed by atoms with Crippen molar-refractivity contribution < 1.29 is 9.53 Å². The van der Waals surface area contributed by atoms with Crippen molar-refractivity contribution >= 4 is 11.7 Å². The number of rotatable bonds is 2. The van der Waals surface area contributed by atoms with Crippen LogP contribution in [0.4, 0.5) is 5.82 Å². The number of nitrogens with zero attached hydrogens (tertiary/aromatic N) is 2. The average molecular weight is 167 g/mol. The van der Waals surface area contributed by atoms with Crippen LogP contribution in [0.15, 0.2) is 12.3 Å². The number of carbonyl (C=O) groups excluding carboxylic acids is 1. The van der Waals surface area contributed by atoms with Gasteiger partial charge in [0.2, 0.25) is 5.91 Å². The molecular formula is C7H9N3O2. The SMILES string of the molecule is COc1nccc(NC(C)=O)n1. The number of nitrogens with one attached hydrogen (secondary N) is 1. The van der Waals surface area contributed by atoms with E-state index in [0.29, 0.717) is 5.82 Å². The van der Waals surface area contributed by atoms with Crippen LogP contribution in [0.5, 0.6) is 6.01 Å². The summed E-state index contributed by atoms with van der Waals surface area (Å²) in [6.07, 6.45) is 1.51. The molecule has 0 bridgehead atoms. The molecule has 0 saturated carbocycles. The smallest absolute Gasteiger partial charge is 0.318 e. The molecule has 0 saturated heterocycles. The van der Waals surface area contributed by atoms with Gasteiger partial charge in [-0.15, -0.1) is 0 Å². The first-order valence-electron chi connectivity index (χ1n) is 3.37. The summed E-state index contributed by atoms with van der Waals surface area (Å²) in [5.41, 5.74) is 0. The van der Waals surface area contributed by atoms with Crippen LogP contribution in [0, 0.1) is 0 Å². The van der Waals surface area contributed by atoms with Crippen molar-refractivity contribution in [2.45, 2.75) is 6.92 Å². The zero-order valence-electron chi connectivity index (χ0n) is 6.87. The molecule has 5 nitrogen and oxygen atoms in total. The molecule has 0 aliphatic carbocycles. The molecule has 1 heterocycles. The van der Waals surface area contributed by atoms with E-state index in [1.807, 2.05) is 0 Å². The maximum absolute atomic E-state index is 10.6. The van der Waals surface area contributed by atoms with E-state index in [-0.39, 0.29) is 11.9 Å². The van der Waals surface area contributed by atoms with Crippen molar-refractivity contribution in [3.8, 4) is 6.01 Å². The van der Waals surface area contributed by atoms with Crippen molar-refractivity contribution in [3.63, 3.8) is 0 Å². The second kappa shape index (κ2) is 3.66. The van der Waals surface area contributed by atoms with Gasteiger partial charge in [0, 0.05) is 13.1 Å². The van der Waals surface area contributed by atoms with Gasteiger partial charge in [-0.25, -0.2) is 4.98 Å². The highest BCUT2D eigenvalue weighted by Gasteiger charge is 1.98. The summed E-state index contributed by atoms with van der Waals surface area (Å²) < 4.78 is 4.76. The highest BCUT2D eigenvalue weighted by Crippen LogP contribution is 2.05. The fourth-order valence-corrected chi connectivity index (χ4v) is 0.689. The Labute approximate surface area is 69.8 Å². The Morgan fingerprint density at radius 1 is 1.67 bits per heavy atom. The summed E-state index contributed by atoms with van der Waals surface area (Å²) in [5, 5.41) is 2.51. The normalized spacial score (nSPS) is 9.17. The summed E-state index contributed by atoms with van der Waals surface area (Å²) in [6.45, 7) is 1.41. The Balaban J connectivity index is 2.79. The predicted octanol–water partition coefficient (Wildman–Crippen LogP) is 0.444. The molecule has 1 aromatic rings. The minimum Gasteiger partial charge on any atom is -0.467 e. The first kappa shape index (κ1) is 8.45. The number of hydrogen-bond donors (Lipinski definition) is 1. The van der Waals surface area contributed by atoms with Gasteiger partial charge in [0.15, 0.2) is 0 Å². The molecule has 0 aromatic carbocycles. The van der Waals surface area contributed by atoms with E-state index in [4.69, 9.17) is 4.74 Å². The second-order valence-electron chi connectivity index (χ2n) is 2.11. The molecule has 1 aromatic heterocycles. The Bertz CT molecular complexity index is 288. The third-order valence-corrected chi connectivity index (χ3v) is 1.12. The maximum atomic E-state index is 10.6. The standard InChI is InChI=1S/C7H9N3O2/c1-5(11)9-6-3-4-8-7(10-6)12-2/h3-4H,1-2H3,(H,8,9,10,11). The summed E-state index contributed by atoms with van der Waals surface area (Å²) >= 11 is 0. The molecule has 0 radical (unpaired) electrons. The monoisotopic (exact) mass is 167 g/mol. The number of anilines is 1. The topological polar surface area (TPSA) is 64.1 Å². The molecule has 64 valence electrons. The fourth-order valence-electron chi connectivity index (χ4n) is 0.689. The number of ether oxygens (including phenoxy) is 1. The van der Waals surface area contributed by atoms with Crippen molar-refractivity contribution in [2.24, 2.45) is 0 Å². The van der Waals surface area contributed by atoms with Crippen LogP contribution in [0.2, 0.25) is 0 Å². The molecule has 0 atom stereocenters. The zero-order valence-corrected chi connectivity index (χ0v) is 6.87. The molecular weight excluding hydrogens is 158 g/mol. The first-order chi connectivity index (χ1) is 5.72. The van der Waals surface area contributed by atoms with Gasteiger partial charge in [0.25, 0.3) is 0 Å².